The largest absolute Gasteiger partial charge is 0.467 e. The Morgan fingerprint density at radius 2 is 2.50 bits per heavy atom. The van der Waals surface area contributed by atoms with E-state index in [2.05, 4.69) is 11.4 Å². The SMILES string of the molecule is N#CCCCSCC(=O)NCc1ccco1. The smallest absolute Gasteiger partial charge is 0.230 e. The predicted octanol–water partition coefficient (Wildman–Crippen LogP) is 1.93. The first kappa shape index (κ1) is 12.7. The molecule has 0 spiro atoms. The minimum absolute atomic E-state index is 0.00152. The van der Waals surface area contributed by atoms with Crippen LogP contribution in [0.1, 0.15) is 18.6 Å². The second kappa shape index (κ2) is 7.83. The Balaban J connectivity index is 2.01. The van der Waals surface area contributed by atoms with Gasteiger partial charge in [0.15, 0.2) is 0 Å². The number of rotatable bonds is 7. The first-order valence-corrected chi connectivity index (χ1v) is 6.22. The number of hydrogen-bond donors (Lipinski definition) is 1. The molecular formula is C11H14N2O2S. The zero-order valence-electron chi connectivity index (χ0n) is 8.94. The molecule has 5 heteroatoms. The third kappa shape index (κ3) is 5.47. The summed E-state index contributed by atoms with van der Waals surface area (Å²) in [6.45, 7) is 0.435. The van der Waals surface area contributed by atoms with Gasteiger partial charge in [-0.3, -0.25) is 4.79 Å². The van der Waals surface area contributed by atoms with E-state index in [4.69, 9.17) is 9.68 Å². The van der Waals surface area contributed by atoms with Crippen LogP contribution in [-0.4, -0.2) is 17.4 Å². The Kier molecular flexibility index (Phi) is 6.19. The summed E-state index contributed by atoms with van der Waals surface area (Å²) in [5.74, 6) is 2.04. The van der Waals surface area contributed by atoms with Gasteiger partial charge in [-0.1, -0.05) is 0 Å². The molecule has 0 fully saturated rings. The van der Waals surface area contributed by atoms with Crippen LogP contribution >= 0.6 is 11.8 Å². The van der Waals surface area contributed by atoms with Crippen LogP contribution in [0.2, 0.25) is 0 Å². The zero-order chi connectivity index (χ0) is 11.6. The van der Waals surface area contributed by atoms with Crippen LogP contribution in [0.15, 0.2) is 22.8 Å². The van der Waals surface area contributed by atoms with Crippen LogP contribution in [0, 0.1) is 11.3 Å². The van der Waals surface area contributed by atoms with Gasteiger partial charge in [-0.15, -0.1) is 0 Å². The number of amides is 1. The maximum absolute atomic E-state index is 11.3. The fourth-order valence-corrected chi connectivity index (χ4v) is 1.85. The molecule has 1 N–H and O–H groups in total. The molecule has 1 aromatic rings. The van der Waals surface area contributed by atoms with Crippen molar-refractivity contribution in [2.45, 2.75) is 19.4 Å². The molecule has 1 aromatic heterocycles. The third-order valence-corrected chi connectivity index (χ3v) is 2.89. The molecule has 4 nitrogen and oxygen atoms in total. The lowest BCUT2D eigenvalue weighted by molar-refractivity contribution is -0.118. The molecule has 1 rings (SSSR count). The number of nitrogens with zero attached hydrogens (tertiary/aromatic N) is 1. The van der Waals surface area contributed by atoms with Crippen LogP contribution in [0.25, 0.3) is 0 Å². The highest BCUT2D eigenvalue weighted by molar-refractivity contribution is 7.99. The average molecular weight is 238 g/mol. The lowest BCUT2D eigenvalue weighted by Crippen LogP contribution is -2.24. The molecule has 0 unspecified atom stereocenters. The van der Waals surface area contributed by atoms with E-state index in [0.717, 1.165) is 17.9 Å². The summed E-state index contributed by atoms with van der Waals surface area (Å²) in [5, 5.41) is 11.1. The summed E-state index contributed by atoms with van der Waals surface area (Å²) >= 11 is 1.54. The summed E-state index contributed by atoms with van der Waals surface area (Å²) in [4.78, 5) is 11.3. The lowest BCUT2D eigenvalue weighted by atomic mass is 10.4. The van der Waals surface area contributed by atoms with E-state index in [0.29, 0.717) is 18.7 Å². The van der Waals surface area contributed by atoms with Crippen molar-refractivity contribution in [1.82, 2.24) is 5.32 Å². The number of nitriles is 1. The van der Waals surface area contributed by atoms with Crippen LogP contribution < -0.4 is 5.32 Å². The van der Waals surface area contributed by atoms with Gasteiger partial charge in [-0.25, -0.2) is 0 Å². The second-order valence-electron chi connectivity index (χ2n) is 3.17. The Morgan fingerprint density at radius 3 is 3.19 bits per heavy atom. The zero-order valence-corrected chi connectivity index (χ0v) is 9.76. The number of thioether (sulfide) groups is 1. The quantitative estimate of drug-likeness (QED) is 0.737. The first-order chi connectivity index (χ1) is 7.83. The van der Waals surface area contributed by atoms with E-state index in [9.17, 15) is 4.79 Å². The standard InChI is InChI=1S/C11H14N2O2S/c12-5-1-2-7-16-9-11(14)13-8-10-4-3-6-15-10/h3-4,6H,1-2,7-9H2,(H,13,14). The van der Waals surface area contributed by atoms with E-state index in [1.165, 1.54) is 0 Å². The third-order valence-electron chi connectivity index (χ3n) is 1.85. The summed E-state index contributed by atoms with van der Waals surface area (Å²) in [6, 6.07) is 5.68. The van der Waals surface area contributed by atoms with Crippen molar-refractivity contribution >= 4 is 17.7 Å². The van der Waals surface area contributed by atoms with Crippen molar-refractivity contribution in [3.63, 3.8) is 0 Å². The number of carbonyl (C=O) groups is 1. The topological polar surface area (TPSA) is 66.0 Å². The van der Waals surface area contributed by atoms with Crippen LogP contribution in [0.3, 0.4) is 0 Å². The van der Waals surface area contributed by atoms with Crippen molar-refractivity contribution < 1.29 is 9.21 Å². The number of unbranched alkanes of at least 4 members (excludes halogenated alkanes) is 1. The summed E-state index contributed by atoms with van der Waals surface area (Å²) in [6.07, 6.45) is 2.98. The molecule has 86 valence electrons. The highest BCUT2D eigenvalue weighted by atomic mass is 32.2. The van der Waals surface area contributed by atoms with E-state index in [1.807, 2.05) is 6.07 Å². The van der Waals surface area contributed by atoms with Gasteiger partial charge in [0.05, 0.1) is 24.6 Å². The molecule has 1 amide bonds. The molecular weight excluding hydrogens is 224 g/mol. The summed E-state index contributed by atoms with van der Waals surface area (Å²) in [5.41, 5.74) is 0. The molecule has 0 radical (unpaired) electrons. The maximum Gasteiger partial charge on any atom is 0.230 e. The molecule has 1 heterocycles. The molecule has 0 atom stereocenters. The maximum atomic E-state index is 11.3. The molecule has 0 aliphatic heterocycles. The molecule has 0 saturated carbocycles. The molecule has 16 heavy (non-hydrogen) atoms. The van der Waals surface area contributed by atoms with Gasteiger partial charge in [0.1, 0.15) is 5.76 Å². The van der Waals surface area contributed by atoms with Crippen LogP contribution in [0.4, 0.5) is 0 Å². The summed E-state index contributed by atoms with van der Waals surface area (Å²) < 4.78 is 5.08. The molecule has 0 saturated heterocycles. The van der Waals surface area contributed by atoms with Gasteiger partial charge in [-0.2, -0.15) is 17.0 Å². The lowest BCUT2D eigenvalue weighted by Gasteiger charge is -2.02. The van der Waals surface area contributed by atoms with Crippen molar-refractivity contribution in [3.05, 3.63) is 24.2 Å². The Labute approximate surface area is 99.0 Å². The van der Waals surface area contributed by atoms with Crippen molar-refractivity contribution in [1.29, 1.82) is 5.26 Å². The Morgan fingerprint density at radius 1 is 1.62 bits per heavy atom. The van der Waals surface area contributed by atoms with Gasteiger partial charge >= 0.3 is 0 Å². The van der Waals surface area contributed by atoms with E-state index >= 15 is 0 Å². The number of nitrogens with one attached hydrogen (secondary N) is 1. The molecule has 0 aliphatic carbocycles. The highest BCUT2D eigenvalue weighted by Gasteiger charge is 2.02. The Bertz CT molecular complexity index is 343. The fourth-order valence-electron chi connectivity index (χ4n) is 1.07. The van der Waals surface area contributed by atoms with E-state index < -0.39 is 0 Å². The number of hydrogen-bond acceptors (Lipinski definition) is 4. The van der Waals surface area contributed by atoms with Crippen molar-refractivity contribution in [2.24, 2.45) is 0 Å². The molecule has 0 bridgehead atoms. The minimum atomic E-state index is -0.00152. The van der Waals surface area contributed by atoms with Crippen molar-refractivity contribution in [3.8, 4) is 6.07 Å². The molecule has 0 aromatic carbocycles. The Hall–Kier alpha value is -1.41. The van der Waals surface area contributed by atoms with Gasteiger partial charge in [0, 0.05) is 6.42 Å². The number of furan rings is 1. The van der Waals surface area contributed by atoms with E-state index in [1.54, 1.807) is 24.1 Å². The monoisotopic (exact) mass is 238 g/mol. The van der Waals surface area contributed by atoms with Crippen molar-refractivity contribution in [2.75, 3.05) is 11.5 Å². The molecule has 0 aliphatic rings. The van der Waals surface area contributed by atoms with Crippen LogP contribution in [-0.2, 0) is 11.3 Å². The second-order valence-corrected chi connectivity index (χ2v) is 4.28. The number of carbonyl (C=O) groups excluding carboxylic acids is 1. The van der Waals surface area contributed by atoms with Gasteiger partial charge in [-0.05, 0) is 24.3 Å². The minimum Gasteiger partial charge on any atom is -0.467 e. The van der Waals surface area contributed by atoms with Crippen LogP contribution in [0.5, 0.6) is 0 Å². The van der Waals surface area contributed by atoms with Gasteiger partial charge in [0.25, 0.3) is 0 Å². The normalized spacial score (nSPS) is 9.69. The van der Waals surface area contributed by atoms with Gasteiger partial charge < -0.3 is 9.73 Å². The van der Waals surface area contributed by atoms with Gasteiger partial charge in [0.2, 0.25) is 5.91 Å². The highest BCUT2D eigenvalue weighted by Crippen LogP contribution is 2.04. The average Bonchev–Trinajstić information content (AvgIpc) is 2.79. The first-order valence-electron chi connectivity index (χ1n) is 5.06. The fraction of sp³-hybridized carbons (Fsp3) is 0.455. The summed E-state index contributed by atoms with van der Waals surface area (Å²) in [7, 11) is 0. The van der Waals surface area contributed by atoms with E-state index in [-0.39, 0.29) is 5.91 Å². The predicted molar refractivity (Wildman–Crippen MR) is 62.7 cm³/mol.